The molecule has 0 radical (unpaired) electrons. The third kappa shape index (κ3) is 2.76. The van der Waals surface area contributed by atoms with Gasteiger partial charge in [-0.15, -0.1) is 0 Å². The van der Waals surface area contributed by atoms with Crippen molar-refractivity contribution in [2.45, 2.75) is 6.92 Å². The van der Waals surface area contributed by atoms with Gasteiger partial charge in [0.05, 0.1) is 5.69 Å². The molecule has 0 atom stereocenters. The molecule has 0 spiro atoms. The Morgan fingerprint density at radius 2 is 1.56 bits per heavy atom. The molecule has 2 aromatic carbocycles. The summed E-state index contributed by atoms with van der Waals surface area (Å²) in [6, 6.07) is 14.2. The van der Waals surface area contributed by atoms with Crippen molar-refractivity contribution >= 4 is 11.9 Å². The summed E-state index contributed by atoms with van der Waals surface area (Å²) in [4.78, 5) is 4.26. The van der Waals surface area contributed by atoms with Crippen LogP contribution in [0.1, 0.15) is 11.1 Å². The average molecular weight is 213 g/mol. The van der Waals surface area contributed by atoms with Crippen LogP contribution < -0.4 is 0 Å². The van der Waals surface area contributed by atoms with E-state index in [-0.39, 0.29) is 5.82 Å². The van der Waals surface area contributed by atoms with Gasteiger partial charge in [0.25, 0.3) is 0 Å². The first kappa shape index (κ1) is 10.6. The van der Waals surface area contributed by atoms with E-state index in [0.717, 1.165) is 11.3 Å². The zero-order chi connectivity index (χ0) is 11.4. The van der Waals surface area contributed by atoms with Crippen molar-refractivity contribution in [2.24, 2.45) is 4.99 Å². The van der Waals surface area contributed by atoms with Gasteiger partial charge in [0, 0.05) is 6.21 Å². The van der Waals surface area contributed by atoms with Gasteiger partial charge in [-0.3, -0.25) is 4.99 Å². The highest BCUT2D eigenvalue weighted by Gasteiger charge is 1.90. The monoisotopic (exact) mass is 213 g/mol. The molecule has 0 unspecified atom stereocenters. The van der Waals surface area contributed by atoms with Gasteiger partial charge in [-0.05, 0) is 36.8 Å². The van der Waals surface area contributed by atoms with E-state index in [9.17, 15) is 4.39 Å². The lowest BCUT2D eigenvalue weighted by molar-refractivity contribution is 0.628. The number of nitrogens with zero attached hydrogens (tertiary/aromatic N) is 1. The molecule has 0 amide bonds. The smallest absolute Gasteiger partial charge is 0.123 e. The Kier molecular flexibility index (Phi) is 3.10. The van der Waals surface area contributed by atoms with Crippen molar-refractivity contribution < 1.29 is 4.39 Å². The van der Waals surface area contributed by atoms with E-state index in [1.54, 1.807) is 18.3 Å². The second-order valence-corrected chi connectivity index (χ2v) is 3.65. The lowest BCUT2D eigenvalue weighted by Crippen LogP contribution is -1.80. The standard InChI is InChI=1S/C14H12FN/c1-11-2-4-12(5-3-11)10-16-14-8-6-13(15)7-9-14/h2-10H,1H3/b16-10-. The van der Waals surface area contributed by atoms with Crippen molar-refractivity contribution in [3.63, 3.8) is 0 Å². The van der Waals surface area contributed by atoms with E-state index in [4.69, 9.17) is 0 Å². The maximum absolute atomic E-state index is 12.6. The highest BCUT2D eigenvalue weighted by Crippen LogP contribution is 2.12. The average Bonchev–Trinajstić information content (AvgIpc) is 2.30. The van der Waals surface area contributed by atoms with Crippen LogP contribution in [0.5, 0.6) is 0 Å². The quantitative estimate of drug-likeness (QED) is 0.671. The largest absolute Gasteiger partial charge is 0.256 e. The third-order valence-electron chi connectivity index (χ3n) is 2.27. The third-order valence-corrected chi connectivity index (χ3v) is 2.27. The second-order valence-electron chi connectivity index (χ2n) is 3.65. The van der Waals surface area contributed by atoms with Crippen molar-refractivity contribution in [2.75, 3.05) is 0 Å². The van der Waals surface area contributed by atoms with Crippen LogP contribution in [0.3, 0.4) is 0 Å². The fraction of sp³-hybridized carbons (Fsp3) is 0.0714. The fourth-order valence-corrected chi connectivity index (χ4v) is 1.33. The number of halogens is 1. The van der Waals surface area contributed by atoms with E-state index >= 15 is 0 Å². The number of aliphatic imine (C=N–C) groups is 1. The zero-order valence-electron chi connectivity index (χ0n) is 9.02. The van der Waals surface area contributed by atoms with E-state index in [1.165, 1.54) is 17.7 Å². The van der Waals surface area contributed by atoms with Gasteiger partial charge in [0.1, 0.15) is 5.82 Å². The summed E-state index contributed by atoms with van der Waals surface area (Å²) in [6.45, 7) is 2.04. The van der Waals surface area contributed by atoms with Crippen LogP contribution in [0.2, 0.25) is 0 Å². The molecule has 0 aromatic heterocycles. The highest BCUT2D eigenvalue weighted by molar-refractivity contribution is 5.81. The van der Waals surface area contributed by atoms with Crippen LogP contribution in [0.15, 0.2) is 53.5 Å². The van der Waals surface area contributed by atoms with Gasteiger partial charge >= 0.3 is 0 Å². The van der Waals surface area contributed by atoms with E-state index in [2.05, 4.69) is 4.99 Å². The first-order chi connectivity index (χ1) is 7.74. The van der Waals surface area contributed by atoms with Crippen LogP contribution >= 0.6 is 0 Å². The summed E-state index contributed by atoms with van der Waals surface area (Å²) in [5.74, 6) is -0.241. The van der Waals surface area contributed by atoms with E-state index in [0.29, 0.717) is 0 Å². The van der Waals surface area contributed by atoms with E-state index < -0.39 is 0 Å². The van der Waals surface area contributed by atoms with Crippen molar-refractivity contribution in [1.29, 1.82) is 0 Å². The fourth-order valence-electron chi connectivity index (χ4n) is 1.33. The molecule has 0 heterocycles. The van der Waals surface area contributed by atoms with Crippen molar-refractivity contribution in [1.82, 2.24) is 0 Å². The van der Waals surface area contributed by atoms with Crippen LogP contribution in [-0.4, -0.2) is 6.21 Å². The van der Waals surface area contributed by atoms with Crippen LogP contribution in [0.25, 0.3) is 0 Å². The minimum absolute atomic E-state index is 0.241. The lowest BCUT2D eigenvalue weighted by atomic mass is 10.2. The Bertz CT molecular complexity index is 436. The number of benzene rings is 2. The normalized spacial score (nSPS) is 10.9. The maximum Gasteiger partial charge on any atom is 0.123 e. The summed E-state index contributed by atoms with van der Waals surface area (Å²) in [7, 11) is 0. The Labute approximate surface area is 94.3 Å². The number of rotatable bonds is 2. The summed E-state index contributed by atoms with van der Waals surface area (Å²) < 4.78 is 12.6. The molecule has 0 aliphatic rings. The van der Waals surface area contributed by atoms with Crippen molar-refractivity contribution in [3.8, 4) is 0 Å². The number of hydrogen-bond donors (Lipinski definition) is 0. The Morgan fingerprint density at radius 3 is 2.19 bits per heavy atom. The SMILES string of the molecule is Cc1ccc(/C=N\c2ccc(F)cc2)cc1. The molecule has 2 heteroatoms. The maximum atomic E-state index is 12.6. The molecular weight excluding hydrogens is 201 g/mol. The molecule has 0 saturated heterocycles. The first-order valence-electron chi connectivity index (χ1n) is 5.10. The van der Waals surface area contributed by atoms with Gasteiger partial charge in [0.2, 0.25) is 0 Å². The predicted octanol–water partition coefficient (Wildman–Crippen LogP) is 3.88. The zero-order valence-corrected chi connectivity index (χ0v) is 9.02. The molecule has 2 rings (SSSR count). The second kappa shape index (κ2) is 4.71. The molecule has 0 saturated carbocycles. The molecule has 0 N–H and O–H groups in total. The molecule has 16 heavy (non-hydrogen) atoms. The van der Waals surface area contributed by atoms with Crippen molar-refractivity contribution in [3.05, 3.63) is 65.5 Å². The molecule has 1 nitrogen and oxygen atoms in total. The molecule has 0 aliphatic carbocycles. The Morgan fingerprint density at radius 1 is 0.938 bits per heavy atom. The topological polar surface area (TPSA) is 12.4 Å². The summed E-state index contributed by atoms with van der Waals surface area (Å²) in [6.07, 6.45) is 1.77. The summed E-state index contributed by atoms with van der Waals surface area (Å²) in [5, 5.41) is 0. The highest BCUT2D eigenvalue weighted by atomic mass is 19.1. The number of hydrogen-bond acceptors (Lipinski definition) is 1. The van der Waals surface area contributed by atoms with Gasteiger partial charge in [0.15, 0.2) is 0 Å². The minimum Gasteiger partial charge on any atom is -0.256 e. The molecular formula is C14H12FN. The molecule has 80 valence electrons. The Balaban J connectivity index is 2.15. The molecule has 2 aromatic rings. The van der Waals surface area contributed by atoms with E-state index in [1.807, 2.05) is 31.2 Å². The van der Waals surface area contributed by atoms with Gasteiger partial charge in [-0.25, -0.2) is 4.39 Å². The number of aryl methyl sites for hydroxylation is 1. The summed E-state index contributed by atoms with van der Waals surface area (Å²) in [5.41, 5.74) is 3.01. The molecule has 0 aliphatic heterocycles. The molecule has 0 fully saturated rings. The summed E-state index contributed by atoms with van der Waals surface area (Å²) >= 11 is 0. The van der Waals surface area contributed by atoms with Gasteiger partial charge in [-0.1, -0.05) is 29.8 Å². The van der Waals surface area contributed by atoms with Gasteiger partial charge < -0.3 is 0 Å². The minimum atomic E-state index is -0.241. The first-order valence-corrected chi connectivity index (χ1v) is 5.10. The van der Waals surface area contributed by atoms with Crippen LogP contribution in [0, 0.1) is 12.7 Å². The predicted molar refractivity (Wildman–Crippen MR) is 64.8 cm³/mol. The van der Waals surface area contributed by atoms with Crippen LogP contribution in [0.4, 0.5) is 10.1 Å². The van der Waals surface area contributed by atoms with Gasteiger partial charge in [-0.2, -0.15) is 0 Å². The lowest BCUT2D eigenvalue weighted by Gasteiger charge is -1.95. The van der Waals surface area contributed by atoms with Crippen LogP contribution in [-0.2, 0) is 0 Å². The Hall–Kier alpha value is -1.96. The molecule has 0 bridgehead atoms.